The van der Waals surface area contributed by atoms with Gasteiger partial charge in [-0.15, -0.1) is 0 Å². The second-order valence-electron chi connectivity index (χ2n) is 10.6. The minimum absolute atomic E-state index is 0.0203. The lowest BCUT2D eigenvalue weighted by Gasteiger charge is -2.60. The van der Waals surface area contributed by atoms with Crippen LogP contribution in [-0.2, 0) is 4.79 Å². The molecule has 2 nitrogen and oxygen atoms in total. The van der Waals surface area contributed by atoms with Gasteiger partial charge in [0.25, 0.3) is 0 Å². The molecule has 4 rings (SSSR count). The Kier molecular flexibility index (Phi) is 5.16. The van der Waals surface area contributed by atoms with E-state index in [0.717, 1.165) is 50.5 Å². The molecule has 0 heterocycles. The summed E-state index contributed by atoms with van der Waals surface area (Å²) >= 11 is 0. The summed E-state index contributed by atoms with van der Waals surface area (Å²) in [6.07, 6.45) is 16.5. The second-order valence-corrected chi connectivity index (χ2v) is 10.6. The van der Waals surface area contributed by atoms with Crippen LogP contribution in [0.2, 0.25) is 0 Å². The molecule has 0 aromatic heterocycles. The van der Waals surface area contributed by atoms with Crippen molar-refractivity contribution in [3.63, 3.8) is 0 Å². The maximum Gasteiger partial charge on any atom is 0.139 e. The standard InChI is InChI=1S/C25H39NO/c1-17-15-19-20-8-9-23(27)25(20,3)13-11-21(19)24(2)12-10-18(16-22(17)24)7-5-4-6-14-26/h5,7,18-22H,1,4,6,8-16,26H2,2-3H3/t18-,19+,20+,21+,22?,24-,25+/m1/s1. The van der Waals surface area contributed by atoms with Crippen LogP contribution in [0.1, 0.15) is 78.1 Å². The molecule has 27 heavy (non-hydrogen) atoms. The average molecular weight is 370 g/mol. The lowest BCUT2D eigenvalue weighted by molar-refractivity contribution is -0.135. The Balaban J connectivity index is 1.52. The third-order valence-electron chi connectivity index (χ3n) is 9.36. The minimum Gasteiger partial charge on any atom is -0.330 e. The van der Waals surface area contributed by atoms with Crippen molar-refractivity contribution in [3.05, 3.63) is 24.3 Å². The number of hydrogen-bond acceptors (Lipinski definition) is 2. The van der Waals surface area contributed by atoms with Crippen LogP contribution < -0.4 is 5.73 Å². The molecule has 0 radical (unpaired) electrons. The van der Waals surface area contributed by atoms with E-state index < -0.39 is 0 Å². The van der Waals surface area contributed by atoms with Gasteiger partial charge in [-0.2, -0.15) is 0 Å². The monoisotopic (exact) mass is 369 g/mol. The Morgan fingerprint density at radius 3 is 2.78 bits per heavy atom. The molecular weight excluding hydrogens is 330 g/mol. The van der Waals surface area contributed by atoms with Crippen LogP contribution in [0.5, 0.6) is 0 Å². The fourth-order valence-electron chi connectivity index (χ4n) is 7.74. The molecule has 0 saturated heterocycles. The quantitative estimate of drug-likeness (QED) is 0.512. The van der Waals surface area contributed by atoms with Crippen LogP contribution >= 0.6 is 0 Å². The zero-order valence-corrected chi connectivity index (χ0v) is 17.5. The van der Waals surface area contributed by atoms with Gasteiger partial charge in [-0.05, 0) is 99.3 Å². The zero-order valence-electron chi connectivity index (χ0n) is 17.5. The number of Topliss-reactive ketones (excluding diaryl/α,β-unsaturated/α-hetero) is 1. The zero-order chi connectivity index (χ0) is 19.2. The summed E-state index contributed by atoms with van der Waals surface area (Å²) in [6.45, 7) is 10.3. The van der Waals surface area contributed by atoms with E-state index in [0.29, 0.717) is 29.0 Å². The topological polar surface area (TPSA) is 43.1 Å². The van der Waals surface area contributed by atoms with E-state index in [1.54, 1.807) is 0 Å². The molecule has 1 unspecified atom stereocenters. The number of hydrogen-bond donors (Lipinski definition) is 1. The van der Waals surface area contributed by atoms with Crippen LogP contribution in [0.4, 0.5) is 0 Å². The van der Waals surface area contributed by atoms with Gasteiger partial charge in [0.1, 0.15) is 5.78 Å². The third-order valence-corrected chi connectivity index (χ3v) is 9.36. The Morgan fingerprint density at radius 2 is 2.00 bits per heavy atom. The third kappa shape index (κ3) is 3.07. The van der Waals surface area contributed by atoms with E-state index in [1.165, 1.54) is 37.7 Å². The molecule has 4 fully saturated rings. The summed E-state index contributed by atoms with van der Waals surface area (Å²) in [5, 5.41) is 0. The highest BCUT2D eigenvalue weighted by Crippen LogP contribution is 2.66. The Morgan fingerprint density at radius 1 is 1.19 bits per heavy atom. The molecule has 0 amide bonds. The van der Waals surface area contributed by atoms with E-state index >= 15 is 0 Å². The van der Waals surface area contributed by atoms with Crippen molar-refractivity contribution in [1.29, 1.82) is 0 Å². The van der Waals surface area contributed by atoms with E-state index in [-0.39, 0.29) is 5.41 Å². The van der Waals surface area contributed by atoms with Crippen molar-refractivity contribution in [2.24, 2.45) is 46.2 Å². The van der Waals surface area contributed by atoms with Crippen molar-refractivity contribution < 1.29 is 4.79 Å². The maximum absolute atomic E-state index is 12.6. The number of rotatable bonds is 4. The Bertz CT molecular complexity index is 636. The van der Waals surface area contributed by atoms with Crippen LogP contribution in [0.3, 0.4) is 0 Å². The first-order valence-corrected chi connectivity index (χ1v) is 11.5. The second kappa shape index (κ2) is 7.17. The summed E-state index contributed by atoms with van der Waals surface area (Å²) in [4.78, 5) is 12.6. The molecule has 2 N–H and O–H groups in total. The molecule has 0 aliphatic heterocycles. The fourth-order valence-corrected chi connectivity index (χ4v) is 7.74. The highest BCUT2D eigenvalue weighted by molar-refractivity contribution is 5.87. The van der Waals surface area contributed by atoms with E-state index in [1.807, 2.05) is 0 Å². The van der Waals surface area contributed by atoms with Gasteiger partial charge in [-0.3, -0.25) is 4.79 Å². The summed E-state index contributed by atoms with van der Waals surface area (Å²) in [5.41, 5.74) is 7.51. The van der Waals surface area contributed by atoms with Crippen molar-refractivity contribution in [2.45, 2.75) is 78.1 Å². The van der Waals surface area contributed by atoms with Gasteiger partial charge in [-0.1, -0.05) is 38.2 Å². The first kappa shape index (κ1) is 19.4. The molecule has 150 valence electrons. The van der Waals surface area contributed by atoms with Gasteiger partial charge in [0.05, 0.1) is 0 Å². The Labute approximate surface area is 166 Å². The van der Waals surface area contributed by atoms with E-state index in [2.05, 4.69) is 32.6 Å². The molecule has 4 aliphatic carbocycles. The first-order chi connectivity index (χ1) is 12.9. The number of carbonyl (C=O) groups is 1. The largest absolute Gasteiger partial charge is 0.330 e. The highest BCUT2D eigenvalue weighted by atomic mass is 16.1. The van der Waals surface area contributed by atoms with Crippen LogP contribution in [-0.4, -0.2) is 12.3 Å². The molecule has 4 aliphatic rings. The molecule has 4 saturated carbocycles. The SMILES string of the molecule is C=C1C[C@@H]2[C@H](CC[C@]3(C)C(=O)CC[C@@H]23)[C@@]2(C)CC[C@@H](C=CCCCN)CC12. The number of fused-ring (bicyclic) bond motifs is 5. The summed E-state index contributed by atoms with van der Waals surface area (Å²) in [6, 6.07) is 0. The highest BCUT2D eigenvalue weighted by Gasteiger charge is 2.60. The van der Waals surface area contributed by atoms with Gasteiger partial charge in [0, 0.05) is 11.8 Å². The van der Waals surface area contributed by atoms with Crippen LogP contribution in [0.25, 0.3) is 0 Å². The maximum atomic E-state index is 12.6. The number of ketones is 1. The van der Waals surface area contributed by atoms with Gasteiger partial charge < -0.3 is 5.73 Å². The lowest BCUT2D eigenvalue weighted by Crippen LogP contribution is -2.54. The fraction of sp³-hybridized carbons (Fsp3) is 0.800. The van der Waals surface area contributed by atoms with Crippen LogP contribution in [0, 0.1) is 40.4 Å². The number of allylic oxidation sites excluding steroid dienone is 3. The predicted molar refractivity (Wildman–Crippen MR) is 112 cm³/mol. The van der Waals surface area contributed by atoms with Crippen molar-refractivity contribution in [1.82, 2.24) is 0 Å². The molecule has 7 atom stereocenters. The smallest absolute Gasteiger partial charge is 0.139 e. The van der Waals surface area contributed by atoms with Gasteiger partial charge in [0.15, 0.2) is 0 Å². The molecule has 0 spiro atoms. The first-order valence-electron chi connectivity index (χ1n) is 11.5. The van der Waals surface area contributed by atoms with Crippen molar-refractivity contribution >= 4 is 5.78 Å². The molecular formula is C25H39NO. The van der Waals surface area contributed by atoms with Gasteiger partial charge in [0.2, 0.25) is 0 Å². The van der Waals surface area contributed by atoms with Crippen molar-refractivity contribution in [2.75, 3.05) is 6.54 Å². The molecule has 0 aromatic carbocycles. The Hall–Kier alpha value is -0.890. The summed E-state index contributed by atoms with van der Waals surface area (Å²) in [5.74, 6) is 4.08. The number of carbonyl (C=O) groups excluding carboxylic acids is 1. The number of nitrogens with two attached hydrogens (primary N) is 1. The predicted octanol–water partition coefficient (Wildman–Crippen LogP) is 5.68. The average Bonchev–Trinajstić information content (AvgIpc) is 2.95. The van der Waals surface area contributed by atoms with E-state index in [9.17, 15) is 4.79 Å². The minimum atomic E-state index is -0.0203. The summed E-state index contributed by atoms with van der Waals surface area (Å²) in [7, 11) is 0. The molecule has 2 heteroatoms. The molecule has 0 aromatic rings. The van der Waals surface area contributed by atoms with Gasteiger partial charge in [-0.25, -0.2) is 0 Å². The van der Waals surface area contributed by atoms with Crippen molar-refractivity contribution in [3.8, 4) is 0 Å². The normalized spacial score (nSPS) is 47.0. The molecule has 0 bridgehead atoms. The van der Waals surface area contributed by atoms with E-state index in [4.69, 9.17) is 5.73 Å². The summed E-state index contributed by atoms with van der Waals surface area (Å²) < 4.78 is 0. The lowest BCUT2D eigenvalue weighted by atomic mass is 9.44. The number of unbranched alkanes of at least 4 members (excludes halogenated alkanes) is 1. The van der Waals surface area contributed by atoms with Gasteiger partial charge >= 0.3 is 0 Å². The van der Waals surface area contributed by atoms with Crippen LogP contribution in [0.15, 0.2) is 24.3 Å².